The van der Waals surface area contributed by atoms with Gasteiger partial charge in [-0.25, -0.2) is 0 Å². The maximum atomic E-state index is 11.6. The van der Waals surface area contributed by atoms with E-state index in [4.69, 9.17) is 14.2 Å². The van der Waals surface area contributed by atoms with E-state index in [0.29, 0.717) is 6.42 Å². The van der Waals surface area contributed by atoms with Crippen LogP contribution in [0.15, 0.2) is 36.9 Å². The second-order valence-corrected chi connectivity index (χ2v) is 5.39. The van der Waals surface area contributed by atoms with Gasteiger partial charge in [-0.1, -0.05) is 18.7 Å². The zero-order valence-electron chi connectivity index (χ0n) is 14.2. The Labute approximate surface area is 146 Å². The second kappa shape index (κ2) is 11.2. The predicted octanol–water partition coefficient (Wildman–Crippen LogP) is 1.71. The van der Waals surface area contributed by atoms with Crippen molar-refractivity contribution in [2.24, 2.45) is 0 Å². The van der Waals surface area contributed by atoms with Gasteiger partial charge in [0, 0.05) is 6.42 Å². The molecule has 1 aromatic rings. The zero-order valence-corrected chi connectivity index (χ0v) is 14.2. The van der Waals surface area contributed by atoms with Gasteiger partial charge in [0.1, 0.15) is 12.4 Å². The number of rotatable bonds is 11. The third-order valence-corrected chi connectivity index (χ3v) is 3.18. The average molecular weight is 352 g/mol. The summed E-state index contributed by atoms with van der Waals surface area (Å²) in [5.74, 6) is -0.848. The minimum Gasteiger partial charge on any atom is -0.508 e. The molecule has 1 aromatic carbocycles. The van der Waals surface area contributed by atoms with E-state index in [1.54, 1.807) is 31.2 Å². The molecule has 7 nitrogen and oxygen atoms in total. The molecule has 2 atom stereocenters. The number of esters is 2. The standard InChI is InChI=1S/C18H24O7/c1-3-16(20)25-13(2)12-24-18(22)9-8-17(21)23-11-10-14-4-6-15(19)7-5-14/h3-7,13,16,19-20H,1,8-12H2,2H3/t13-,16?/m1/s1. The molecule has 0 saturated heterocycles. The van der Waals surface area contributed by atoms with Gasteiger partial charge in [0.25, 0.3) is 0 Å². The van der Waals surface area contributed by atoms with Gasteiger partial charge in [-0.05, 0) is 30.7 Å². The Bertz CT molecular complexity index is 553. The molecule has 7 heteroatoms. The number of carbonyl (C=O) groups excluding carboxylic acids is 2. The largest absolute Gasteiger partial charge is 0.508 e. The molecule has 0 heterocycles. The number of phenols is 1. The maximum absolute atomic E-state index is 11.6. The molecule has 0 aliphatic carbocycles. The molecule has 0 amide bonds. The highest BCUT2D eigenvalue weighted by molar-refractivity contribution is 5.77. The van der Waals surface area contributed by atoms with E-state index in [-0.39, 0.29) is 31.8 Å². The van der Waals surface area contributed by atoms with Crippen LogP contribution in [0.3, 0.4) is 0 Å². The lowest BCUT2D eigenvalue weighted by molar-refractivity contribution is -0.158. The van der Waals surface area contributed by atoms with Crippen molar-refractivity contribution in [2.45, 2.75) is 38.6 Å². The van der Waals surface area contributed by atoms with Crippen LogP contribution < -0.4 is 0 Å². The molecule has 1 rings (SSSR count). The van der Waals surface area contributed by atoms with Gasteiger partial charge in [0.15, 0.2) is 6.29 Å². The molecular formula is C18H24O7. The fraction of sp³-hybridized carbons (Fsp3) is 0.444. The van der Waals surface area contributed by atoms with Crippen LogP contribution in [0.25, 0.3) is 0 Å². The summed E-state index contributed by atoms with van der Waals surface area (Å²) in [4.78, 5) is 23.1. The van der Waals surface area contributed by atoms with Gasteiger partial charge in [0.2, 0.25) is 0 Å². The predicted molar refractivity (Wildman–Crippen MR) is 89.7 cm³/mol. The highest BCUT2D eigenvalue weighted by Crippen LogP contribution is 2.10. The summed E-state index contributed by atoms with van der Waals surface area (Å²) in [5.41, 5.74) is 0.931. The monoisotopic (exact) mass is 352 g/mol. The first-order chi connectivity index (χ1) is 11.9. The lowest BCUT2D eigenvalue weighted by atomic mass is 10.1. The number of aliphatic hydroxyl groups is 1. The van der Waals surface area contributed by atoms with Crippen molar-refractivity contribution in [2.75, 3.05) is 13.2 Å². The second-order valence-electron chi connectivity index (χ2n) is 5.39. The van der Waals surface area contributed by atoms with Crippen LogP contribution in [0.5, 0.6) is 5.75 Å². The molecule has 0 fully saturated rings. The van der Waals surface area contributed by atoms with Crippen molar-refractivity contribution in [3.8, 4) is 5.75 Å². The molecule has 0 aliphatic rings. The summed E-state index contributed by atoms with van der Waals surface area (Å²) < 4.78 is 15.0. The van der Waals surface area contributed by atoms with Gasteiger partial charge >= 0.3 is 11.9 Å². The molecule has 2 N–H and O–H groups in total. The molecule has 0 aromatic heterocycles. The third-order valence-electron chi connectivity index (χ3n) is 3.18. The summed E-state index contributed by atoms with van der Waals surface area (Å²) in [7, 11) is 0. The molecule has 0 radical (unpaired) electrons. The maximum Gasteiger partial charge on any atom is 0.306 e. The first kappa shape index (κ1) is 20.7. The van der Waals surface area contributed by atoms with E-state index in [2.05, 4.69) is 6.58 Å². The van der Waals surface area contributed by atoms with Crippen molar-refractivity contribution in [3.63, 3.8) is 0 Å². The van der Waals surface area contributed by atoms with Gasteiger partial charge in [-0.2, -0.15) is 0 Å². The van der Waals surface area contributed by atoms with Crippen molar-refractivity contribution >= 4 is 11.9 Å². The van der Waals surface area contributed by atoms with E-state index < -0.39 is 24.3 Å². The Kier molecular flexibility index (Phi) is 9.28. The normalized spacial score (nSPS) is 12.9. The molecule has 0 saturated carbocycles. The van der Waals surface area contributed by atoms with Gasteiger partial charge in [-0.15, -0.1) is 0 Å². The Balaban J connectivity index is 2.13. The quantitative estimate of drug-likeness (QED) is 0.355. The van der Waals surface area contributed by atoms with E-state index in [9.17, 15) is 19.8 Å². The molecule has 0 bridgehead atoms. The number of hydrogen-bond acceptors (Lipinski definition) is 7. The van der Waals surface area contributed by atoms with Crippen LogP contribution in [0.1, 0.15) is 25.3 Å². The minimum absolute atomic E-state index is 0.0281. The molecule has 25 heavy (non-hydrogen) atoms. The molecule has 0 aliphatic heterocycles. The van der Waals surface area contributed by atoms with Crippen LogP contribution in [-0.2, 0) is 30.2 Å². The summed E-state index contributed by atoms with van der Waals surface area (Å²) in [5, 5.41) is 18.4. The Morgan fingerprint density at radius 1 is 1.16 bits per heavy atom. The number of hydrogen-bond donors (Lipinski definition) is 2. The van der Waals surface area contributed by atoms with Crippen molar-refractivity contribution in [3.05, 3.63) is 42.5 Å². The smallest absolute Gasteiger partial charge is 0.306 e. The lowest BCUT2D eigenvalue weighted by Gasteiger charge is -2.15. The van der Waals surface area contributed by atoms with E-state index in [1.165, 1.54) is 6.08 Å². The van der Waals surface area contributed by atoms with Crippen LogP contribution in [0.4, 0.5) is 0 Å². The lowest BCUT2D eigenvalue weighted by Crippen LogP contribution is -2.24. The Hall–Kier alpha value is -2.38. The van der Waals surface area contributed by atoms with E-state index in [1.807, 2.05) is 0 Å². The Morgan fingerprint density at radius 2 is 1.76 bits per heavy atom. The van der Waals surface area contributed by atoms with Crippen LogP contribution >= 0.6 is 0 Å². The highest BCUT2D eigenvalue weighted by Gasteiger charge is 2.12. The van der Waals surface area contributed by atoms with Gasteiger partial charge in [-0.3, -0.25) is 9.59 Å². The topological polar surface area (TPSA) is 102 Å². The number of benzene rings is 1. The van der Waals surface area contributed by atoms with Crippen LogP contribution in [-0.4, -0.2) is 47.8 Å². The third kappa shape index (κ3) is 9.49. The summed E-state index contributed by atoms with van der Waals surface area (Å²) >= 11 is 0. The summed E-state index contributed by atoms with van der Waals surface area (Å²) in [6, 6.07) is 6.61. The first-order valence-electron chi connectivity index (χ1n) is 7.96. The number of aromatic hydroxyl groups is 1. The van der Waals surface area contributed by atoms with Crippen molar-refractivity contribution < 1.29 is 34.0 Å². The summed E-state index contributed by atoms with van der Waals surface area (Å²) in [6.07, 6.45) is -0.0246. The van der Waals surface area contributed by atoms with E-state index in [0.717, 1.165) is 5.56 Å². The zero-order chi connectivity index (χ0) is 18.7. The van der Waals surface area contributed by atoms with Crippen molar-refractivity contribution in [1.29, 1.82) is 0 Å². The van der Waals surface area contributed by atoms with Crippen LogP contribution in [0.2, 0.25) is 0 Å². The number of ether oxygens (including phenoxy) is 3. The van der Waals surface area contributed by atoms with Crippen molar-refractivity contribution in [1.82, 2.24) is 0 Å². The van der Waals surface area contributed by atoms with Gasteiger partial charge in [0.05, 0.1) is 25.6 Å². The summed E-state index contributed by atoms with van der Waals surface area (Å²) in [6.45, 7) is 5.17. The highest BCUT2D eigenvalue weighted by atomic mass is 16.6. The average Bonchev–Trinajstić information content (AvgIpc) is 2.59. The fourth-order valence-corrected chi connectivity index (χ4v) is 1.84. The molecule has 138 valence electrons. The Morgan fingerprint density at radius 3 is 2.36 bits per heavy atom. The van der Waals surface area contributed by atoms with E-state index >= 15 is 0 Å². The molecule has 0 spiro atoms. The minimum atomic E-state index is -1.11. The van der Waals surface area contributed by atoms with Crippen LogP contribution in [0, 0.1) is 0 Å². The number of aliphatic hydroxyl groups excluding tert-OH is 1. The SMILES string of the molecule is C=CC(O)O[C@H](C)COC(=O)CCC(=O)OCCc1ccc(O)cc1. The molecule has 1 unspecified atom stereocenters. The van der Waals surface area contributed by atoms with Gasteiger partial charge < -0.3 is 24.4 Å². The fourth-order valence-electron chi connectivity index (χ4n) is 1.84. The number of carbonyl (C=O) groups is 2. The number of phenolic OH excluding ortho intramolecular Hbond substituents is 1. The first-order valence-corrected chi connectivity index (χ1v) is 7.96. The molecular weight excluding hydrogens is 328 g/mol.